The molecule has 0 heterocycles. The van der Waals surface area contributed by atoms with Crippen LogP contribution in [-0.4, -0.2) is 40.1 Å². The summed E-state index contributed by atoms with van der Waals surface area (Å²) in [6.45, 7) is -0.232. The van der Waals surface area contributed by atoms with Crippen molar-refractivity contribution in [2.75, 3.05) is 33.3 Å². The van der Waals surface area contributed by atoms with Gasteiger partial charge in [0.15, 0.2) is 18.1 Å². The van der Waals surface area contributed by atoms with E-state index < -0.39 is 0 Å². The van der Waals surface area contributed by atoms with Crippen LogP contribution in [0.3, 0.4) is 0 Å². The summed E-state index contributed by atoms with van der Waals surface area (Å²) in [6.07, 6.45) is 1.47. The topological polar surface area (TPSA) is 78.4 Å². The number of nitrogens with one attached hydrogen (secondary N) is 1. The van der Waals surface area contributed by atoms with E-state index in [2.05, 4.69) is 10.5 Å². The quantitative estimate of drug-likeness (QED) is 0.411. The van der Waals surface area contributed by atoms with Gasteiger partial charge in [-0.3, -0.25) is 4.79 Å². The van der Waals surface area contributed by atoms with E-state index in [0.29, 0.717) is 28.5 Å². The van der Waals surface area contributed by atoms with Crippen LogP contribution < -0.4 is 19.5 Å². The number of rotatable bonds is 9. The minimum absolute atomic E-state index is 0.232. The third kappa shape index (κ3) is 5.54. The fourth-order valence-electron chi connectivity index (χ4n) is 3.02. The first-order chi connectivity index (χ1) is 15.2. The van der Waals surface area contributed by atoms with Gasteiger partial charge in [-0.2, -0.15) is 0 Å². The van der Waals surface area contributed by atoms with Crippen molar-refractivity contribution in [1.29, 1.82) is 0 Å². The van der Waals surface area contributed by atoms with Gasteiger partial charge in [-0.05, 0) is 23.8 Å². The maximum atomic E-state index is 12.3. The van der Waals surface area contributed by atoms with Gasteiger partial charge in [-0.1, -0.05) is 53.7 Å². The van der Waals surface area contributed by atoms with E-state index in [0.717, 1.165) is 11.1 Å². The van der Waals surface area contributed by atoms with Crippen molar-refractivity contribution >= 4 is 17.8 Å². The van der Waals surface area contributed by atoms with E-state index in [4.69, 9.17) is 19.0 Å². The molecule has 7 heteroatoms. The molecular weight excluding hydrogens is 396 g/mol. The summed E-state index contributed by atoms with van der Waals surface area (Å²) < 4.78 is 15.9. The van der Waals surface area contributed by atoms with E-state index in [9.17, 15) is 4.79 Å². The third-order valence-corrected chi connectivity index (χ3v) is 4.44. The number of hydrogen-bond acceptors (Lipinski definition) is 6. The lowest BCUT2D eigenvalue weighted by molar-refractivity contribution is -0.120. The molecule has 0 aromatic heterocycles. The lowest BCUT2D eigenvalue weighted by atomic mass is 10.0. The smallest absolute Gasteiger partial charge is 0.265 e. The first-order valence-electron chi connectivity index (χ1n) is 9.56. The fraction of sp³-hybridized carbons (Fsp3) is 0.167. The Morgan fingerprint density at radius 2 is 1.55 bits per heavy atom. The van der Waals surface area contributed by atoms with Gasteiger partial charge in [0.05, 0.1) is 27.5 Å². The standard InChI is InChI=1S/C24H24N2O5/c1-28-21-13-17(14-22(29-2)24(21)30-3)15-25-31-16-23(27)26-20-12-8-7-11-19(20)18-9-5-4-6-10-18/h4-15H,16H2,1-3H3,(H,26,27)/b25-15+. The van der Waals surface area contributed by atoms with E-state index in [1.807, 2.05) is 54.6 Å². The highest BCUT2D eigenvalue weighted by Gasteiger charge is 2.12. The predicted octanol–water partition coefficient (Wildman–Crippen LogP) is 4.37. The van der Waals surface area contributed by atoms with Crippen molar-refractivity contribution in [3.05, 3.63) is 72.3 Å². The average molecular weight is 420 g/mol. The summed E-state index contributed by atoms with van der Waals surface area (Å²) in [4.78, 5) is 17.5. The summed E-state index contributed by atoms with van der Waals surface area (Å²) >= 11 is 0. The molecule has 0 radical (unpaired) electrons. The number of ether oxygens (including phenoxy) is 3. The second-order valence-corrected chi connectivity index (χ2v) is 6.43. The molecule has 7 nitrogen and oxygen atoms in total. The Morgan fingerprint density at radius 1 is 0.903 bits per heavy atom. The maximum absolute atomic E-state index is 12.3. The summed E-state index contributed by atoms with van der Waals surface area (Å²) in [6, 6.07) is 20.9. The van der Waals surface area contributed by atoms with Crippen LogP contribution in [0.25, 0.3) is 11.1 Å². The zero-order valence-electron chi connectivity index (χ0n) is 17.6. The Hall–Kier alpha value is -4.00. The molecule has 3 aromatic carbocycles. The summed E-state index contributed by atoms with van der Waals surface area (Å²) in [5.74, 6) is 1.17. The van der Waals surface area contributed by atoms with Crippen molar-refractivity contribution < 1.29 is 23.8 Å². The van der Waals surface area contributed by atoms with Gasteiger partial charge in [0.1, 0.15) is 0 Å². The Morgan fingerprint density at radius 3 is 2.19 bits per heavy atom. The molecule has 31 heavy (non-hydrogen) atoms. The fourth-order valence-corrected chi connectivity index (χ4v) is 3.02. The molecule has 3 rings (SSSR count). The summed E-state index contributed by atoms with van der Waals surface area (Å²) in [5.41, 5.74) is 3.32. The molecule has 1 N–H and O–H groups in total. The summed E-state index contributed by atoms with van der Waals surface area (Å²) in [7, 11) is 4.60. The van der Waals surface area contributed by atoms with Gasteiger partial charge in [-0.15, -0.1) is 0 Å². The highest BCUT2D eigenvalue weighted by molar-refractivity contribution is 5.96. The monoisotopic (exact) mass is 420 g/mol. The molecule has 0 saturated heterocycles. The van der Waals surface area contributed by atoms with Crippen LogP contribution in [0.2, 0.25) is 0 Å². The molecule has 160 valence electrons. The molecule has 0 spiro atoms. The zero-order valence-corrected chi connectivity index (χ0v) is 17.6. The largest absolute Gasteiger partial charge is 0.493 e. The van der Waals surface area contributed by atoms with E-state index in [-0.39, 0.29) is 12.5 Å². The third-order valence-electron chi connectivity index (χ3n) is 4.44. The Labute approximate surface area is 181 Å². The van der Waals surface area contributed by atoms with Crippen LogP contribution in [-0.2, 0) is 9.63 Å². The lowest BCUT2D eigenvalue weighted by Crippen LogP contribution is -2.17. The normalized spacial score (nSPS) is 10.5. The van der Waals surface area contributed by atoms with Crippen molar-refractivity contribution in [3.8, 4) is 28.4 Å². The molecular formula is C24H24N2O5. The Balaban J connectivity index is 1.62. The lowest BCUT2D eigenvalue weighted by Gasteiger charge is -2.12. The van der Waals surface area contributed by atoms with Crippen LogP contribution in [0.4, 0.5) is 5.69 Å². The van der Waals surface area contributed by atoms with Crippen LogP contribution in [0.15, 0.2) is 71.9 Å². The molecule has 0 bridgehead atoms. The van der Waals surface area contributed by atoms with Crippen LogP contribution in [0, 0.1) is 0 Å². The molecule has 0 unspecified atom stereocenters. The molecule has 0 fully saturated rings. The number of nitrogens with zero attached hydrogens (tertiary/aromatic N) is 1. The minimum atomic E-state index is -0.314. The summed E-state index contributed by atoms with van der Waals surface area (Å²) in [5, 5.41) is 6.74. The number of methoxy groups -OCH3 is 3. The number of carbonyl (C=O) groups excluding carboxylic acids is 1. The van der Waals surface area contributed by atoms with E-state index in [1.165, 1.54) is 27.5 Å². The van der Waals surface area contributed by atoms with Crippen molar-refractivity contribution in [2.24, 2.45) is 5.16 Å². The van der Waals surface area contributed by atoms with E-state index >= 15 is 0 Å². The number of amides is 1. The highest BCUT2D eigenvalue weighted by atomic mass is 16.6. The average Bonchev–Trinajstić information content (AvgIpc) is 2.82. The molecule has 0 aliphatic carbocycles. The Kier molecular flexibility index (Phi) is 7.48. The number of benzene rings is 3. The first-order valence-corrected chi connectivity index (χ1v) is 9.56. The molecule has 0 atom stereocenters. The second kappa shape index (κ2) is 10.7. The number of hydrogen-bond donors (Lipinski definition) is 1. The number of carbonyl (C=O) groups is 1. The Bertz CT molecular complexity index is 1030. The second-order valence-electron chi connectivity index (χ2n) is 6.43. The van der Waals surface area contributed by atoms with Gasteiger partial charge >= 0.3 is 0 Å². The SMILES string of the molecule is COc1cc(/C=N/OCC(=O)Nc2ccccc2-c2ccccc2)cc(OC)c1OC. The molecule has 0 saturated carbocycles. The molecule has 0 aliphatic rings. The first kappa shape index (κ1) is 21.7. The van der Waals surface area contributed by atoms with Crippen LogP contribution in [0.5, 0.6) is 17.2 Å². The highest BCUT2D eigenvalue weighted by Crippen LogP contribution is 2.37. The predicted molar refractivity (Wildman–Crippen MR) is 120 cm³/mol. The molecule has 1 amide bonds. The van der Waals surface area contributed by atoms with Crippen molar-refractivity contribution in [1.82, 2.24) is 0 Å². The van der Waals surface area contributed by atoms with Gasteiger partial charge in [0.2, 0.25) is 5.75 Å². The van der Waals surface area contributed by atoms with Gasteiger partial charge in [-0.25, -0.2) is 0 Å². The zero-order chi connectivity index (χ0) is 22.1. The van der Waals surface area contributed by atoms with E-state index in [1.54, 1.807) is 12.1 Å². The number of oxime groups is 1. The molecule has 3 aromatic rings. The number of anilines is 1. The van der Waals surface area contributed by atoms with Crippen molar-refractivity contribution in [3.63, 3.8) is 0 Å². The maximum Gasteiger partial charge on any atom is 0.265 e. The van der Waals surface area contributed by atoms with Crippen LogP contribution in [0.1, 0.15) is 5.56 Å². The van der Waals surface area contributed by atoms with Gasteiger partial charge in [0.25, 0.3) is 5.91 Å². The minimum Gasteiger partial charge on any atom is -0.493 e. The van der Waals surface area contributed by atoms with Crippen molar-refractivity contribution in [2.45, 2.75) is 0 Å². The molecule has 0 aliphatic heterocycles. The van der Waals surface area contributed by atoms with Gasteiger partial charge in [0, 0.05) is 16.8 Å². The van der Waals surface area contributed by atoms with Gasteiger partial charge < -0.3 is 24.4 Å². The number of para-hydroxylation sites is 1. The van der Waals surface area contributed by atoms with Crippen LogP contribution >= 0.6 is 0 Å².